The standard InChI is InChI=1S/C8H13FO/c9-6-8(10)7-4-2-1-3-5-7/h1-2,7-8,10H,3-6H2. The second-order valence-corrected chi connectivity index (χ2v) is 2.77. The van der Waals surface area contributed by atoms with Gasteiger partial charge in [0, 0.05) is 0 Å². The lowest BCUT2D eigenvalue weighted by Crippen LogP contribution is -2.22. The summed E-state index contributed by atoms with van der Waals surface area (Å²) >= 11 is 0. The van der Waals surface area contributed by atoms with Crippen molar-refractivity contribution in [3.63, 3.8) is 0 Å². The number of aliphatic hydroxyl groups excluding tert-OH is 1. The zero-order valence-corrected chi connectivity index (χ0v) is 5.96. The summed E-state index contributed by atoms with van der Waals surface area (Å²) < 4.78 is 11.9. The molecule has 1 nitrogen and oxygen atoms in total. The zero-order chi connectivity index (χ0) is 7.40. The SMILES string of the molecule is OC(CF)C1CC=CCC1. The van der Waals surface area contributed by atoms with Gasteiger partial charge in [0.1, 0.15) is 6.67 Å². The fourth-order valence-electron chi connectivity index (χ4n) is 1.29. The molecule has 0 aromatic rings. The number of allylic oxidation sites excluding steroid dienone is 2. The lowest BCUT2D eigenvalue weighted by Gasteiger charge is -2.20. The van der Waals surface area contributed by atoms with Crippen molar-refractivity contribution in [2.24, 2.45) is 5.92 Å². The van der Waals surface area contributed by atoms with Gasteiger partial charge in [0.2, 0.25) is 0 Å². The fraction of sp³-hybridized carbons (Fsp3) is 0.750. The van der Waals surface area contributed by atoms with Crippen LogP contribution in [0.2, 0.25) is 0 Å². The molecule has 1 aliphatic carbocycles. The highest BCUT2D eigenvalue weighted by Crippen LogP contribution is 2.21. The summed E-state index contributed by atoms with van der Waals surface area (Å²) in [7, 11) is 0. The summed E-state index contributed by atoms with van der Waals surface area (Å²) in [6.45, 7) is -0.599. The Kier molecular flexibility index (Phi) is 2.87. The van der Waals surface area contributed by atoms with Crippen LogP contribution < -0.4 is 0 Å². The summed E-state index contributed by atoms with van der Waals surface area (Å²) in [6.07, 6.45) is 6.13. The van der Waals surface area contributed by atoms with Crippen molar-refractivity contribution in [2.45, 2.75) is 25.4 Å². The molecule has 0 amide bonds. The molecule has 1 rings (SSSR count). The number of hydrogen-bond donors (Lipinski definition) is 1. The number of aliphatic hydroxyl groups is 1. The third-order valence-corrected chi connectivity index (χ3v) is 2.01. The predicted octanol–water partition coefficient (Wildman–Crippen LogP) is 1.67. The first-order chi connectivity index (χ1) is 4.84. The maximum absolute atomic E-state index is 11.9. The Bertz CT molecular complexity index is 122. The highest BCUT2D eigenvalue weighted by Gasteiger charge is 2.18. The van der Waals surface area contributed by atoms with Gasteiger partial charge >= 0.3 is 0 Å². The van der Waals surface area contributed by atoms with Crippen LogP contribution in [0, 0.1) is 5.92 Å². The monoisotopic (exact) mass is 144 g/mol. The van der Waals surface area contributed by atoms with E-state index in [-0.39, 0.29) is 5.92 Å². The van der Waals surface area contributed by atoms with Crippen LogP contribution in [0.5, 0.6) is 0 Å². The third kappa shape index (κ3) is 1.81. The van der Waals surface area contributed by atoms with Crippen LogP contribution >= 0.6 is 0 Å². The number of halogens is 1. The zero-order valence-electron chi connectivity index (χ0n) is 5.96. The molecular weight excluding hydrogens is 131 g/mol. The van der Waals surface area contributed by atoms with E-state index in [1.807, 2.05) is 6.08 Å². The first kappa shape index (κ1) is 7.73. The van der Waals surface area contributed by atoms with Gasteiger partial charge < -0.3 is 5.11 Å². The average Bonchev–Trinajstić information content (AvgIpc) is 2.05. The minimum atomic E-state index is -0.732. The third-order valence-electron chi connectivity index (χ3n) is 2.01. The largest absolute Gasteiger partial charge is 0.390 e. The molecule has 0 spiro atoms. The van der Waals surface area contributed by atoms with Gasteiger partial charge in [-0.05, 0) is 25.2 Å². The minimum absolute atomic E-state index is 0.162. The fourth-order valence-corrected chi connectivity index (χ4v) is 1.29. The smallest absolute Gasteiger partial charge is 0.116 e. The van der Waals surface area contributed by atoms with Crippen LogP contribution in [0.25, 0.3) is 0 Å². The first-order valence-electron chi connectivity index (χ1n) is 3.73. The minimum Gasteiger partial charge on any atom is -0.390 e. The normalized spacial score (nSPS) is 28.4. The Balaban J connectivity index is 2.33. The van der Waals surface area contributed by atoms with E-state index < -0.39 is 12.8 Å². The molecule has 2 atom stereocenters. The molecule has 0 aliphatic heterocycles. The summed E-state index contributed by atoms with van der Waals surface area (Å²) in [6, 6.07) is 0. The topological polar surface area (TPSA) is 20.2 Å². The molecule has 0 aromatic carbocycles. The predicted molar refractivity (Wildman–Crippen MR) is 38.5 cm³/mol. The highest BCUT2D eigenvalue weighted by atomic mass is 19.1. The van der Waals surface area contributed by atoms with Gasteiger partial charge in [0.15, 0.2) is 0 Å². The molecule has 2 heteroatoms. The van der Waals surface area contributed by atoms with Crippen LogP contribution in [0.4, 0.5) is 4.39 Å². The summed E-state index contributed by atoms with van der Waals surface area (Å²) in [4.78, 5) is 0. The van der Waals surface area contributed by atoms with E-state index in [2.05, 4.69) is 6.08 Å². The van der Waals surface area contributed by atoms with Crippen molar-refractivity contribution in [3.05, 3.63) is 12.2 Å². The van der Waals surface area contributed by atoms with Crippen LogP contribution in [-0.4, -0.2) is 17.9 Å². The number of alkyl halides is 1. The van der Waals surface area contributed by atoms with Crippen LogP contribution in [-0.2, 0) is 0 Å². The van der Waals surface area contributed by atoms with E-state index in [1.165, 1.54) is 0 Å². The van der Waals surface area contributed by atoms with Gasteiger partial charge in [0.25, 0.3) is 0 Å². The van der Waals surface area contributed by atoms with Crippen molar-refractivity contribution in [2.75, 3.05) is 6.67 Å². The second kappa shape index (κ2) is 3.71. The Hall–Kier alpha value is -0.370. The molecule has 2 unspecified atom stereocenters. The molecule has 10 heavy (non-hydrogen) atoms. The Morgan fingerprint density at radius 2 is 2.40 bits per heavy atom. The molecular formula is C8H13FO. The van der Waals surface area contributed by atoms with Gasteiger partial charge in [0.05, 0.1) is 6.10 Å². The quantitative estimate of drug-likeness (QED) is 0.584. The van der Waals surface area contributed by atoms with E-state index in [0.717, 1.165) is 19.3 Å². The van der Waals surface area contributed by atoms with Gasteiger partial charge in [-0.1, -0.05) is 12.2 Å². The Morgan fingerprint density at radius 1 is 1.60 bits per heavy atom. The average molecular weight is 144 g/mol. The molecule has 1 N–H and O–H groups in total. The molecule has 0 radical (unpaired) electrons. The Labute approximate surface area is 60.6 Å². The lowest BCUT2D eigenvalue weighted by atomic mass is 9.90. The van der Waals surface area contributed by atoms with Gasteiger partial charge in [-0.15, -0.1) is 0 Å². The van der Waals surface area contributed by atoms with Gasteiger partial charge in [-0.25, -0.2) is 4.39 Å². The van der Waals surface area contributed by atoms with E-state index in [1.54, 1.807) is 0 Å². The molecule has 0 fully saturated rings. The van der Waals surface area contributed by atoms with Crippen molar-refractivity contribution >= 4 is 0 Å². The molecule has 1 aliphatic rings. The lowest BCUT2D eigenvalue weighted by molar-refractivity contribution is 0.0761. The van der Waals surface area contributed by atoms with Crippen molar-refractivity contribution < 1.29 is 9.50 Å². The summed E-state index contributed by atoms with van der Waals surface area (Å²) in [5, 5.41) is 9.07. The first-order valence-corrected chi connectivity index (χ1v) is 3.73. The number of rotatable bonds is 2. The highest BCUT2D eigenvalue weighted by molar-refractivity contribution is 4.91. The molecule has 58 valence electrons. The van der Waals surface area contributed by atoms with E-state index in [4.69, 9.17) is 5.11 Å². The van der Waals surface area contributed by atoms with Crippen LogP contribution in [0.3, 0.4) is 0 Å². The molecule has 0 heterocycles. The van der Waals surface area contributed by atoms with Gasteiger partial charge in [-0.3, -0.25) is 0 Å². The van der Waals surface area contributed by atoms with E-state index in [0.29, 0.717) is 0 Å². The van der Waals surface area contributed by atoms with Crippen LogP contribution in [0.15, 0.2) is 12.2 Å². The van der Waals surface area contributed by atoms with Crippen molar-refractivity contribution in [1.29, 1.82) is 0 Å². The van der Waals surface area contributed by atoms with Gasteiger partial charge in [-0.2, -0.15) is 0 Å². The van der Waals surface area contributed by atoms with E-state index >= 15 is 0 Å². The molecule has 0 bridgehead atoms. The second-order valence-electron chi connectivity index (χ2n) is 2.77. The summed E-state index contributed by atoms with van der Waals surface area (Å²) in [5.74, 6) is 0.162. The Morgan fingerprint density at radius 3 is 2.90 bits per heavy atom. The maximum atomic E-state index is 11.9. The van der Waals surface area contributed by atoms with Crippen molar-refractivity contribution in [3.8, 4) is 0 Å². The number of hydrogen-bond acceptors (Lipinski definition) is 1. The maximum Gasteiger partial charge on any atom is 0.116 e. The molecule has 0 aromatic heterocycles. The summed E-state index contributed by atoms with van der Waals surface area (Å²) in [5.41, 5.74) is 0. The molecule has 0 saturated carbocycles. The molecule has 0 saturated heterocycles. The van der Waals surface area contributed by atoms with E-state index in [9.17, 15) is 4.39 Å². The van der Waals surface area contributed by atoms with Crippen LogP contribution in [0.1, 0.15) is 19.3 Å². The van der Waals surface area contributed by atoms with Crippen molar-refractivity contribution in [1.82, 2.24) is 0 Å².